The van der Waals surface area contributed by atoms with E-state index in [9.17, 15) is 0 Å². The van der Waals surface area contributed by atoms with Crippen LogP contribution in [0.25, 0.3) is 0 Å². The first-order valence-corrected chi connectivity index (χ1v) is 8.56. The fraction of sp³-hybridized carbons (Fsp3) is 0.412. The zero-order chi connectivity index (χ0) is 16.8. The van der Waals surface area contributed by atoms with E-state index in [0.29, 0.717) is 6.04 Å². The maximum atomic E-state index is 6.09. The molecular weight excluding hydrogens is 324 g/mol. The van der Waals surface area contributed by atoms with Crippen molar-refractivity contribution >= 4 is 23.2 Å². The first-order valence-electron chi connectivity index (χ1n) is 8.18. The van der Waals surface area contributed by atoms with Crippen LogP contribution in [0.15, 0.2) is 48.0 Å². The molecule has 1 aromatic heterocycles. The molecule has 0 bridgehead atoms. The van der Waals surface area contributed by atoms with Crippen molar-refractivity contribution in [3.63, 3.8) is 0 Å². The Balaban J connectivity index is 1.46. The average molecular weight is 347 g/mol. The molecule has 6 nitrogen and oxygen atoms in total. The molecule has 1 saturated heterocycles. The number of aliphatic imine (C=N–C) groups is 1. The first kappa shape index (κ1) is 16.6. The van der Waals surface area contributed by atoms with Gasteiger partial charge in [0.05, 0.1) is 6.33 Å². The molecule has 2 aromatic rings. The number of imidazole rings is 1. The maximum Gasteiger partial charge on any atom is 0.191 e. The normalized spacial score (nSPS) is 18.0. The molecule has 2 heterocycles. The van der Waals surface area contributed by atoms with Gasteiger partial charge in [-0.2, -0.15) is 0 Å². The minimum atomic E-state index is 0.378. The number of anilines is 1. The highest BCUT2D eigenvalue weighted by molar-refractivity contribution is 6.30. The molecule has 7 heteroatoms. The van der Waals surface area contributed by atoms with Crippen LogP contribution >= 0.6 is 11.6 Å². The predicted octanol–water partition coefficient (Wildman–Crippen LogP) is 1.98. The van der Waals surface area contributed by atoms with Crippen LogP contribution < -0.4 is 15.5 Å². The quantitative estimate of drug-likeness (QED) is 0.642. The second-order valence-corrected chi connectivity index (χ2v) is 6.29. The molecule has 1 atom stereocenters. The Bertz CT molecular complexity index is 669. The monoisotopic (exact) mass is 346 g/mol. The number of benzene rings is 1. The van der Waals surface area contributed by atoms with Crippen LogP contribution in [0.3, 0.4) is 0 Å². The van der Waals surface area contributed by atoms with E-state index in [1.54, 1.807) is 13.2 Å². The first-order chi connectivity index (χ1) is 11.7. The molecule has 0 aliphatic carbocycles. The standard InChI is InChI=1S/C17H23ClN6/c1-19-17(21-7-10-23-9-6-20-13-23)22-15-5-8-24(12-15)16-4-2-3-14(18)11-16/h2-4,6,9,11,13,15H,5,7-8,10,12H2,1H3,(H2,19,21,22). The van der Waals surface area contributed by atoms with Crippen LogP contribution in [-0.4, -0.2) is 48.2 Å². The van der Waals surface area contributed by atoms with Gasteiger partial charge in [-0.05, 0) is 24.6 Å². The highest BCUT2D eigenvalue weighted by Gasteiger charge is 2.23. The molecule has 1 aromatic carbocycles. The second kappa shape index (κ2) is 8.06. The Morgan fingerprint density at radius 2 is 2.38 bits per heavy atom. The number of hydrogen-bond donors (Lipinski definition) is 2. The van der Waals surface area contributed by atoms with Crippen molar-refractivity contribution < 1.29 is 0 Å². The van der Waals surface area contributed by atoms with Gasteiger partial charge < -0.3 is 20.1 Å². The molecule has 24 heavy (non-hydrogen) atoms. The summed E-state index contributed by atoms with van der Waals surface area (Å²) in [6.45, 7) is 3.63. The van der Waals surface area contributed by atoms with Gasteiger partial charge in [-0.15, -0.1) is 0 Å². The summed E-state index contributed by atoms with van der Waals surface area (Å²) in [6, 6.07) is 8.40. The topological polar surface area (TPSA) is 57.5 Å². The molecule has 3 rings (SSSR count). The van der Waals surface area contributed by atoms with E-state index in [1.807, 2.05) is 35.3 Å². The number of halogens is 1. The van der Waals surface area contributed by atoms with Crippen LogP contribution in [0.1, 0.15) is 6.42 Å². The molecule has 0 saturated carbocycles. The Morgan fingerprint density at radius 1 is 1.46 bits per heavy atom. The minimum absolute atomic E-state index is 0.378. The molecule has 0 radical (unpaired) electrons. The fourth-order valence-corrected chi connectivity index (χ4v) is 3.08. The number of rotatable bonds is 5. The van der Waals surface area contributed by atoms with Crippen molar-refractivity contribution in [1.82, 2.24) is 20.2 Å². The number of nitrogens with zero attached hydrogens (tertiary/aromatic N) is 4. The second-order valence-electron chi connectivity index (χ2n) is 5.86. The minimum Gasteiger partial charge on any atom is -0.369 e. The third-order valence-electron chi connectivity index (χ3n) is 4.15. The summed E-state index contributed by atoms with van der Waals surface area (Å²) in [5.41, 5.74) is 1.18. The molecule has 0 amide bonds. The van der Waals surface area contributed by atoms with Gasteiger partial charge >= 0.3 is 0 Å². The third kappa shape index (κ3) is 4.41. The van der Waals surface area contributed by atoms with Gasteiger partial charge in [-0.1, -0.05) is 17.7 Å². The van der Waals surface area contributed by atoms with E-state index in [2.05, 4.69) is 31.6 Å². The highest BCUT2D eigenvalue weighted by Crippen LogP contribution is 2.23. The summed E-state index contributed by atoms with van der Waals surface area (Å²) in [7, 11) is 1.80. The lowest BCUT2D eigenvalue weighted by Gasteiger charge is -2.20. The van der Waals surface area contributed by atoms with Crippen molar-refractivity contribution in [2.75, 3.05) is 31.6 Å². The predicted molar refractivity (Wildman–Crippen MR) is 98.8 cm³/mol. The number of guanidine groups is 1. The van der Waals surface area contributed by atoms with Crippen LogP contribution in [0.5, 0.6) is 0 Å². The Morgan fingerprint density at radius 3 is 3.12 bits per heavy atom. The fourth-order valence-electron chi connectivity index (χ4n) is 2.90. The number of nitrogens with one attached hydrogen (secondary N) is 2. The van der Waals surface area contributed by atoms with Crippen molar-refractivity contribution in [2.24, 2.45) is 4.99 Å². The number of aromatic nitrogens is 2. The summed E-state index contributed by atoms with van der Waals surface area (Å²) in [5, 5.41) is 7.63. The largest absolute Gasteiger partial charge is 0.369 e. The van der Waals surface area contributed by atoms with Crippen LogP contribution in [-0.2, 0) is 6.54 Å². The molecule has 0 spiro atoms. The molecule has 1 aliphatic heterocycles. The number of hydrogen-bond acceptors (Lipinski definition) is 3. The zero-order valence-corrected chi connectivity index (χ0v) is 14.6. The van der Waals surface area contributed by atoms with E-state index in [-0.39, 0.29) is 0 Å². The van der Waals surface area contributed by atoms with E-state index < -0.39 is 0 Å². The van der Waals surface area contributed by atoms with Crippen LogP contribution in [0.4, 0.5) is 5.69 Å². The zero-order valence-electron chi connectivity index (χ0n) is 13.8. The summed E-state index contributed by atoms with van der Waals surface area (Å²) in [4.78, 5) is 10.7. The Labute approximate surface area is 147 Å². The van der Waals surface area contributed by atoms with Crippen molar-refractivity contribution in [1.29, 1.82) is 0 Å². The van der Waals surface area contributed by atoms with Crippen molar-refractivity contribution in [3.05, 3.63) is 48.0 Å². The van der Waals surface area contributed by atoms with Gasteiger partial charge in [0, 0.05) is 62.4 Å². The summed E-state index contributed by atoms with van der Waals surface area (Å²) < 4.78 is 2.04. The van der Waals surface area contributed by atoms with Crippen LogP contribution in [0, 0.1) is 0 Å². The summed E-state index contributed by atoms with van der Waals surface area (Å²) in [5.74, 6) is 0.841. The van der Waals surface area contributed by atoms with Gasteiger partial charge in [0.15, 0.2) is 5.96 Å². The molecule has 2 N–H and O–H groups in total. The Kier molecular flexibility index (Phi) is 5.59. The molecule has 128 valence electrons. The van der Waals surface area contributed by atoms with Gasteiger partial charge in [-0.3, -0.25) is 4.99 Å². The molecule has 1 unspecified atom stereocenters. The smallest absolute Gasteiger partial charge is 0.191 e. The van der Waals surface area contributed by atoms with Crippen LogP contribution in [0.2, 0.25) is 5.02 Å². The van der Waals surface area contributed by atoms with Crippen molar-refractivity contribution in [2.45, 2.75) is 19.0 Å². The van der Waals surface area contributed by atoms with Gasteiger partial charge in [0.25, 0.3) is 0 Å². The van der Waals surface area contributed by atoms with E-state index in [1.165, 1.54) is 5.69 Å². The highest BCUT2D eigenvalue weighted by atomic mass is 35.5. The van der Waals surface area contributed by atoms with Gasteiger partial charge in [0.2, 0.25) is 0 Å². The molecular formula is C17H23ClN6. The average Bonchev–Trinajstić information content (AvgIpc) is 3.25. The lowest BCUT2D eigenvalue weighted by Crippen LogP contribution is -2.45. The van der Waals surface area contributed by atoms with Gasteiger partial charge in [0.1, 0.15) is 0 Å². The van der Waals surface area contributed by atoms with Gasteiger partial charge in [-0.25, -0.2) is 4.98 Å². The summed E-state index contributed by atoms with van der Waals surface area (Å²) >= 11 is 6.09. The lowest BCUT2D eigenvalue weighted by atomic mass is 10.3. The maximum absolute atomic E-state index is 6.09. The third-order valence-corrected chi connectivity index (χ3v) is 4.38. The Hall–Kier alpha value is -2.21. The summed E-state index contributed by atoms with van der Waals surface area (Å²) in [6.07, 6.45) is 6.64. The SMILES string of the molecule is CN=C(NCCn1ccnc1)NC1CCN(c2cccc(Cl)c2)C1. The lowest BCUT2D eigenvalue weighted by molar-refractivity contribution is 0.625. The van der Waals surface area contributed by atoms with E-state index in [0.717, 1.165) is 43.6 Å². The van der Waals surface area contributed by atoms with E-state index >= 15 is 0 Å². The molecule has 1 aliphatic rings. The van der Waals surface area contributed by atoms with Crippen molar-refractivity contribution in [3.8, 4) is 0 Å². The molecule has 1 fully saturated rings. The van der Waals surface area contributed by atoms with E-state index in [4.69, 9.17) is 11.6 Å².